The van der Waals surface area contributed by atoms with Crippen molar-refractivity contribution in [3.8, 4) is 0 Å². The first-order valence-corrected chi connectivity index (χ1v) is 6.80. The Morgan fingerprint density at radius 1 is 1.29 bits per heavy atom. The van der Waals surface area contributed by atoms with E-state index in [2.05, 4.69) is 26.1 Å². The number of hydrogen-bond acceptors (Lipinski definition) is 3. The third-order valence-electron chi connectivity index (χ3n) is 2.04. The Balaban J connectivity index is 3.33. The largest absolute Gasteiger partial charge is 0.395 e. The number of hydrogen-bond donors (Lipinski definition) is 2. The molecule has 0 heterocycles. The predicted octanol–water partition coefficient (Wildman–Crippen LogP) is 2.27. The van der Waals surface area contributed by atoms with Gasteiger partial charge in [-0.05, 0) is 24.3 Å². The Labute approximate surface area is 92.9 Å². The predicted molar refractivity (Wildman–Crippen MR) is 66.0 cm³/mol. The third kappa shape index (κ3) is 8.85. The van der Waals surface area contributed by atoms with Gasteiger partial charge in [-0.15, -0.1) is 0 Å². The number of aliphatic hydroxyl groups is 1. The van der Waals surface area contributed by atoms with Gasteiger partial charge in [0.1, 0.15) is 0 Å². The van der Waals surface area contributed by atoms with Gasteiger partial charge in [-0.25, -0.2) is 0 Å². The van der Waals surface area contributed by atoms with Gasteiger partial charge in [0.2, 0.25) is 0 Å². The molecule has 0 rings (SSSR count). The van der Waals surface area contributed by atoms with Gasteiger partial charge >= 0.3 is 0 Å². The fourth-order valence-corrected chi connectivity index (χ4v) is 2.42. The van der Waals surface area contributed by atoms with Gasteiger partial charge in [0.05, 0.1) is 6.61 Å². The molecule has 0 saturated heterocycles. The van der Waals surface area contributed by atoms with Gasteiger partial charge in [-0.2, -0.15) is 11.8 Å². The molecule has 0 saturated carbocycles. The summed E-state index contributed by atoms with van der Waals surface area (Å²) < 4.78 is 0. The fourth-order valence-electron chi connectivity index (χ4n) is 1.27. The summed E-state index contributed by atoms with van der Waals surface area (Å²) in [6.07, 6.45) is 3.66. The van der Waals surface area contributed by atoms with Gasteiger partial charge < -0.3 is 10.4 Å². The molecule has 0 aliphatic carbocycles. The molecule has 0 aromatic carbocycles. The Bertz CT molecular complexity index is 120. The quantitative estimate of drug-likeness (QED) is 0.584. The molecule has 0 radical (unpaired) electrons. The lowest BCUT2D eigenvalue weighted by Gasteiger charge is -2.18. The monoisotopic (exact) mass is 219 g/mol. The van der Waals surface area contributed by atoms with Crippen LogP contribution >= 0.6 is 11.8 Å². The normalized spacial score (nSPS) is 13.5. The maximum atomic E-state index is 9.11. The zero-order valence-electron chi connectivity index (χ0n) is 9.75. The van der Waals surface area contributed by atoms with Crippen LogP contribution in [0.15, 0.2) is 0 Å². The maximum absolute atomic E-state index is 9.11. The van der Waals surface area contributed by atoms with Crippen molar-refractivity contribution in [2.45, 2.75) is 52.1 Å². The van der Waals surface area contributed by atoms with Crippen LogP contribution in [0.5, 0.6) is 0 Å². The summed E-state index contributed by atoms with van der Waals surface area (Å²) in [5, 5.41) is 12.5. The summed E-state index contributed by atoms with van der Waals surface area (Å²) in [5.41, 5.74) is 0. The topological polar surface area (TPSA) is 32.3 Å². The molecule has 0 fully saturated rings. The van der Waals surface area contributed by atoms with Crippen molar-refractivity contribution >= 4 is 11.8 Å². The van der Waals surface area contributed by atoms with Gasteiger partial charge in [-0.3, -0.25) is 0 Å². The molecule has 1 unspecified atom stereocenters. The van der Waals surface area contributed by atoms with E-state index in [9.17, 15) is 0 Å². The van der Waals surface area contributed by atoms with Crippen LogP contribution in [0.25, 0.3) is 0 Å². The van der Waals surface area contributed by atoms with Crippen molar-refractivity contribution in [3.05, 3.63) is 0 Å². The van der Waals surface area contributed by atoms with Crippen LogP contribution in [-0.4, -0.2) is 35.3 Å². The molecular weight excluding hydrogens is 194 g/mol. The highest BCUT2D eigenvalue weighted by Crippen LogP contribution is 2.08. The Hall–Kier alpha value is 0.270. The number of rotatable bonds is 9. The molecule has 0 aromatic heterocycles. The van der Waals surface area contributed by atoms with E-state index in [0.717, 1.165) is 12.2 Å². The van der Waals surface area contributed by atoms with Crippen molar-refractivity contribution in [2.24, 2.45) is 0 Å². The highest BCUT2D eigenvalue weighted by Gasteiger charge is 2.07. The molecule has 14 heavy (non-hydrogen) atoms. The first-order valence-electron chi connectivity index (χ1n) is 5.65. The minimum Gasteiger partial charge on any atom is -0.395 e. The van der Waals surface area contributed by atoms with Gasteiger partial charge in [0.15, 0.2) is 0 Å². The molecule has 1 atom stereocenters. The van der Waals surface area contributed by atoms with Crippen LogP contribution in [-0.2, 0) is 0 Å². The molecule has 0 aliphatic heterocycles. The zero-order chi connectivity index (χ0) is 10.8. The fraction of sp³-hybridized carbons (Fsp3) is 1.00. The van der Waals surface area contributed by atoms with E-state index in [1.165, 1.54) is 18.6 Å². The second-order valence-corrected chi connectivity index (χ2v) is 5.18. The summed E-state index contributed by atoms with van der Waals surface area (Å²) in [7, 11) is 0. The number of nitrogens with one attached hydrogen (secondary N) is 1. The third-order valence-corrected chi connectivity index (χ3v) is 3.14. The number of unbranched alkanes of at least 4 members (excludes halogenated alkanes) is 1. The molecule has 0 bridgehead atoms. The molecule has 0 aromatic rings. The molecule has 2 nitrogen and oxygen atoms in total. The van der Waals surface area contributed by atoms with E-state index in [1.54, 1.807) is 0 Å². The van der Waals surface area contributed by atoms with Crippen molar-refractivity contribution in [1.82, 2.24) is 5.32 Å². The van der Waals surface area contributed by atoms with Gasteiger partial charge in [-0.1, -0.05) is 27.2 Å². The second kappa shape index (κ2) is 9.81. The number of thioether (sulfide) groups is 1. The van der Waals surface area contributed by atoms with E-state index in [1.807, 2.05) is 11.8 Å². The van der Waals surface area contributed by atoms with Crippen LogP contribution in [0.3, 0.4) is 0 Å². The molecule has 86 valence electrons. The molecule has 3 heteroatoms. The average Bonchev–Trinajstić information content (AvgIpc) is 2.15. The van der Waals surface area contributed by atoms with Crippen LogP contribution in [0.4, 0.5) is 0 Å². The zero-order valence-corrected chi connectivity index (χ0v) is 10.6. The van der Waals surface area contributed by atoms with Gasteiger partial charge in [0.25, 0.3) is 0 Å². The van der Waals surface area contributed by atoms with Gasteiger partial charge in [0, 0.05) is 12.1 Å². The summed E-state index contributed by atoms with van der Waals surface area (Å²) in [4.78, 5) is 0. The first kappa shape index (κ1) is 14.3. The van der Waals surface area contributed by atoms with E-state index >= 15 is 0 Å². The van der Waals surface area contributed by atoms with Crippen LogP contribution in [0.2, 0.25) is 0 Å². The minimum absolute atomic E-state index is 0.256. The molecule has 0 spiro atoms. The highest BCUT2D eigenvalue weighted by molar-refractivity contribution is 7.99. The van der Waals surface area contributed by atoms with Crippen LogP contribution < -0.4 is 5.32 Å². The molecule has 0 amide bonds. The summed E-state index contributed by atoms with van der Waals surface area (Å²) in [6, 6.07) is 0.747. The Morgan fingerprint density at radius 2 is 2.00 bits per heavy atom. The van der Waals surface area contributed by atoms with Crippen LogP contribution in [0, 0.1) is 0 Å². The molecular formula is C11H25NOS. The standard InChI is InChI=1S/C11H25NOS/c1-4-5-7-14-8-6-11(9-13)12-10(2)3/h10-13H,4-9H2,1-3H3. The minimum atomic E-state index is 0.256. The number of aliphatic hydroxyl groups excluding tert-OH is 1. The Kier molecular flexibility index (Phi) is 10.0. The smallest absolute Gasteiger partial charge is 0.0585 e. The highest BCUT2D eigenvalue weighted by atomic mass is 32.2. The lowest BCUT2D eigenvalue weighted by molar-refractivity contribution is 0.232. The van der Waals surface area contributed by atoms with E-state index in [0.29, 0.717) is 6.04 Å². The summed E-state index contributed by atoms with van der Waals surface area (Å²) in [6.45, 7) is 6.71. The van der Waals surface area contributed by atoms with E-state index in [-0.39, 0.29) is 12.6 Å². The van der Waals surface area contributed by atoms with Crippen molar-refractivity contribution in [3.63, 3.8) is 0 Å². The molecule has 2 N–H and O–H groups in total. The van der Waals surface area contributed by atoms with Crippen molar-refractivity contribution in [2.75, 3.05) is 18.1 Å². The molecule has 0 aliphatic rings. The summed E-state index contributed by atoms with van der Waals surface area (Å²) >= 11 is 2.00. The van der Waals surface area contributed by atoms with Crippen LogP contribution in [0.1, 0.15) is 40.0 Å². The first-order chi connectivity index (χ1) is 6.70. The SMILES string of the molecule is CCCCSCCC(CO)NC(C)C. The van der Waals surface area contributed by atoms with E-state index < -0.39 is 0 Å². The Morgan fingerprint density at radius 3 is 2.50 bits per heavy atom. The lowest BCUT2D eigenvalue weighted by atomic mass is 10.2. The van der Waals surface area contributed by atoms with Crippen molar-refractivity contribution in [1.29, 1.82) is 0 Å². The van der Waals surface area contributed by atoms with E-state index in [4.69, 9.17) is 5.11 Å². The lowest BCUT2D eigenvalue weighted by Crippen LogP contribution is -2.37. The van der Waals surface area contributed by atoms with Crippen molar-refractivity contribution < 1.29 is 5.11 Å². The maximum Gasteiger partial charge on any atom is 0.0585 e. The summed E-state index contributed by atoms with van der Waals surface area (Å²) in [5.74, 6) is 2.42. The average molecular weight is 219 g/mol. The second-order valence-electron chi connectivity index (χ2n) is 3.96.